The van der Waals surface area contributed by atoms with Gasteiger partial charge in [-0.15, -0.1) is 0 Å². The van der Waals surface area contributed by atoms with E-state index in [0.717, 1.165) is 6.07 Å². The second-order valence-electron chi connectivity index (χ2n) is 13.3. The molecule has 0 aromatic heterocycles. The lowest BCUT2D eigenvalue weighted by molar-refractivity contribution is -0.167. The summed E-state index contributed by atoms with van der Waals surface area (Å²) in [4.78, 5) is 13.0. The van der Waals surface area contributed by atoms with Crippen molar-refractivity contribution in [3.05, 3.63) is 106 Å². The Morgan fingerprint density at radius 2 is 1.73 bits per heavy atom. The quantitative estimate of drug-likeness (QED) is 0.192. The molecule has 2 heterocycles. The van der Waals surface area contributed by atoms with Crippen molar-refractivity contribution in [3.63, 3.8) is 0 Å². The summed E-state index contributed by atoms with van der Waals surface area (Å²) in [6, 6.07) is 19.5. The number of nitriles is 1. The molecule has 3 aromatic carbocycles. The molecule has 3 aromatic rings. The van der Waals surface area contributed by atoms with E-state index in [1.165, 1.54) is 22.5 Å². The van der Waals surface area contributed by atoms with Crippen molar-refractivity contribution < 1.29 is 45.0 Å². The second-order valence-corrected chi connectivity index (χ2v) is 16.1. The summed E-state index contributed by atoms with van der Waals surface area (Å²) < 4.78 is 98.6. The lowest BCUT2D eigenvalue weighted by Gasteiger charge is -2.38. The number of esters is 1. The molecule has 5 atom stereocenters. The minimum Gasteiger partial charge on any atom is -0.459 e. The Balaban J connectivity index is 1.12. The van der Waals surface area contributed by atoms with Crippen LogP contribution in [0, 0.1) is 23.0 Å². The van der Waals surface area contributed by atoms with E-state index in [-0.39, 0.29) is 36.7 Å². The standard InChI is InChI=1S/C36H39F2N3O8S2/c1-24-7-12-32(25-5-3-2-4-6-25)51(45,46)41(24)21-27-9-11-29(18-31(27)38)36(13-15-47-16-14-36)48-22-34(42)49-33-19-35(33,23-39)28-10-8-26(30(37)17-28)20-40-50(43)44/h2-6,8-11,17-18,24,32-33,40H,7,12-16,19-22H2,1H3,(H,43,44). The third kappa shape index (κ3) is 7.78. The van der Waals surface area contributed by atoms with E-state index in [0.29, 0.717) is 55.6 Å². The van der Waals surface area contributed by atoms with Crippen molar-refractivity contribution in [2.45, 2.75) is 80.5 Å². The number of sulfonamides is 1. The fourth-order valence-electron chi connectivity index (χ4n) is 7.06. The first-order valence-corrected chi connectivity index (χ1v) is 19.3. The molecule has 51 heavy (non-hydrogen) atoms. The van der Waals surface area contributed by atoms with Gasteiger partial charge in [0.25, 0.3) is 0 Å². The van der Waals surface area contributed by atoms with Crippen LogP contribution in [0.15, 0.2) is 66.7 Å². The van der Waals surface area contributed by atoms with Crippen molar-refractivity contribution in [3.8, 4) is 6.07 Å². The van der Waals surface area contributed by atoms with Gasteiger partial charge in [0, 0.05) is 62.7 Å². The second kappa shape index (κ2) is 15.2. The first-order valence-electron chi connectivity index (χ1n) is 16.7. The zero-order valence-corrected chi connectivity index (χ0v) is 29.6. The minimum atomic E-state index is -3.77. The molecule has 5 unspecified atom stereocenters. The van der Waals surface area contributed by atoms with Gasteiger partial charge in [-0.1, -0.05) is 54.6 Å². The van der Waals surface area contributed by atoms with Gasteiger partial charge in [0.2, 0.25) is 21.3 Å². The van der Waals surface area contributed by atoms with Gasteiger partial charge in [-0.2, -0.15) is 9.57 Å². The van der Waals surface area contributed by atoms with Crippen LogP contribution in [0.4, 0.5) is 8.78 Å². The summed E-state index contributed by atoms with van der Waals surface area (Å²) >= 11 is -2.32. The Hall–Kier alpha value is -3.62. The average molecular weight is 744 g/mol. The van der Waals surface area contributed by atoms with Gasteiger partial charge >= 0.3 is 5.97 Å². The predicted octanol–water partition coefficient (Wildman–Crippen LogP) is 5.05. The fourth-order valence-corrected chi connectivity index (χ4v) is 9.52. The number of rotatable bonds is 12. The maximum absolute atomic E-state index is 15.8. The van der Waals surface area contributed by atoms with Crippen LogP contribution in [0.25, 0.3) is 0 Å². The molecule has 3 aliphatic rings. The number of carbonyl (C=O) groups excluding carboxylic acids is 1. The summed E-state index contributed by atoms with van der Waals surface area (Å²) in [7, 11) is -3.77. The lowest BCUT2D eigenvalue weighted by Crippen LogP contribution is -2.45. The number of halogens is 2. The van der Waals surface area contributed by atoms with Crippen molar-refractivity contribution >= 4 is 27.3 Å². The molecule has 6 rings (SSSR count). The molecule has 1 aliphatic carbocycles. The maximum atomic E-state index is 15.8. The van der Waals surface area contributed by atoms with E-state index in [9.17, 15) is 27.1 Å². The predicted molar refractivity (Wildman–Crippen MR) is 182 cm³/mol. The highest BCUT2D eigenvalue weighted by atomic mass is 32.2. The van der Waals surface area contributed by atoms with E-state index in [2.05, 4.69) is 10.8 Å². The zero-order chi connectivity index (χ0) is 36.4. The van der Waals surface area contributed by atoms with E-state index in [1.807, 2.05) is 13.0 Å². The molecule has 15 heteroatoms. The van der Waals surface area contributed by atoms with Crippen molar-refractivity contribution in [2.24, 2.45) is 0 Å². The van der Waals surface area contributed by atoms with Crippen molar-refractivity contribution in [1.82, 2.24) is 9.03 Å². The van der Waals surface area contributed by atoms with Gasteiger partial charge in [-0.3, -0.25) is 4.55 Å². The summed E-state index contributed by atoms with van der Waals surface area (Å²) in [6.07, 6.45) is 1.07. The van der Waals surface area contributed by atoms with Gasteiger partial charge in [0.1, 0.15) is 35.0 Å². The molecule has 2 aliphatic heterocycles. The van der Waals surface area contributed by atoms with Gasteiger partial charge in [-0.05, 0) is 48.6 Å². The van der Waals surface area contributed by atoms with Gasteiger partial charge in [0.15, 0.2) is 0 Å². The Morgan fingerprint density at radius 3 is 2.39 bits per heavy atom. The Morgan fingerprint density at radius 1 is 1.06 bits per heavy atom. The number of nitrogens with one attached hydrogen (secondary N) is 1. The van der Waals surface area contributed by atoms with Gasteiger partial charge < -0.3 is 14.2 Å². The van der Waals surface area contributed by atoms with Gasteiger partial charge in [-0.25, -0.2) is 30.9 Å². The smallest absolute Gasteiger partial charge is 0.332 e. The van der Waals surface area contributed by atoms with E-state index in [4.69, 9.17) is 18.8 Å². The minimum absolute atomic E-state index is 0.128. The maximum Gasteiger partial charge on any atom is 0.332 e. The van der Waals surface area contributed by atoms with Crippen LogP contribution in [-0.4, -0.2) is 59.4 Å². The van der Waals surface area contributed by atoms with Crippen molar-refractivity contribution in [2.75, 3.05) is 19.8 Å². The molecule has 0 bridgehead atoms. The monoisotopic (exact) mass is 743 g/mol. The van der Waals surface area contributed by atoms with Crippen LogP contribution in [0.5, 0.6) is 0 Å². The Kier molecular flexibility index (Phi) is 11.0. The molecule has 2 saturated heterocycles. The molecule has 0 spiro atoms. The van der Waals surface area contributed by atoms with E-state index >= 15 is 4.39 Å². The molecule has 272 valence electrons. The highest BCUT2D eigenvalue weighted by Crippen LogP contribution is 2.50. The van der Waals surface area contributed by atoms with Crippen molar-refractivity contribution in [1.29, 1.82) is 5.26 Å². The Bertz CT molecular complexity index is 1940. The first kappa shape index (κ1) is 37.1. The van der Waals surface area contributed by atoms with Crippen LogP contribution in [0.2, 0.25) is 0 Å². The first-order chi connectivity index (χ1) is 24.4. The number of nitrogens with zero attached hydrogens (tertiary/aromatic N) is 2. The number of hydrogen-bond donors (Lipinski definition) is 2. The number of carbonyl (C=O) groups is 1. The topological polar surface area (TPSA) is 155 Å². The summed E-state index contributed by atoms with van der Waals surface area (Å²) in [5.74, 6) is -2.02. The largest absolute Gasteiger partial charge is 0.459 e. The number of ether oxygens (including phenoxy) is 3. The third-order valence-electron chi connectivity index (χ3n) is 10.2. The molecule has 0 radical (unpaired) electrons. The van der Waals surface area contributed by atoms with Gasteiger partial charge in [0.05, 0.1) is 11.7 Å². The molecule has 1 saturated carbocycles. The average Bonchev–Trinajstić information content (AvgIpc) is 3.83. The highest BCUT2D eigenvalue weighted by Gasteiger charge is 2.60. The molecule has 11 nitrogen and oxygen atoms in total. The molecule has 0 amide bonds. The molecular weight excluding hydrogens is 705 g/mol. The summed E-state index contributed by atoms with van der Waals surface area (Å²) in [5.41, 5.74) is -0.489. The summed E-state index contributed by atoms with van der Waals surface area (Å²) in [6.45, 7) is 1.61. The van der Waals surface area contributed by atoms with E-state index in [1.54, 1.807) is 36.4 Å². The Labute approximate surface area is 298 Å². The highest BCUT2D eigenvalue weighted by molar-refractivity contribution is 7.89. The van der Waals surface area contributed by atoms with Crippen LogP contribution in [-0.2, 0) is 64.4 Å². The summed E-state index contributed by atoms with van der Waals surface area (Å²) in [5, 5.41) is 9.24. The fraction of sp³-hybridized carbons (Fsp3) is 0.444. The normalized spacial score (nSPS) is 26.1. The van der Waals surface area contributed by atoms with Crippen LogP contribution >= 0.6 is 0 Å². The van der Waals surface area contributed by atoms with Crippen LogP contribution in [0.3, 0.4) is 0 Å². The number of hydrogen-bond acceptors (Lipinski definition) is 8. The third-order valence-corrected chi connectivity index (χ3v) is 13.0. The zero-order valence-electron chi connectivity index (χ0n) is 27.9. The number of benzene rings is 3. The molecule has 2 N–H and O–H groups in total. The lowest BCUT2D eigenvalue weighted by atomic mass is 9.85. The van der Waals surface area contributed by atoms with Crippen LogP contribution < -0.4 is 4.72 Å². The molecule has 3 fully saturated rings. The van der Waals surface area contributed by atoms with Crippen LogP contribution in [0.1, 0.15) is 72.1 Å². The SMILES string of the molecule is CC1CCC(c2ccccc2)S(=O)(=O)N1Cc1ccc(C2(OCC(=O)OC3CC3(C#N)c3ccc(CNS(=O)O)c(F)c3)CCOCC2)cc1F. The molecular formula is C36H39F2N3O8S2. The van der Waals surface area contributed by atoms with E-state index < -0.39 is 67.9 Å².